The van der Waals surface area contributed by atoms with E-state index in [0.29, 0.717) is 10.6 Å². The minimum Gasteiger partial charge on any atom is -0.484 e. The second kappa shape index (κ2) is 11.3. The van der Waals surface area contributed by atoms with Crippen molar-refractivity contribution in [2.75, 3.05) is 13.2 Å². The molecule has 0 saturated heterocycles. The zero-order valence-electron chi connectivity index (χ0n) is 18.5. The van der Waals surface area contributed by atoms with Crippen LogP contribution in [0.1, 0.15) is 28.4 Å². The van der Waals surface area contributed by atoms with E-state index in [9.17, 15) is 27.2 Å². The van der Waals surface area contributed by atoms with E-state index in [1.807, 2.05) is 0 Å². The van der Waals surface area contributed by atoms with Gasteiger partial charge < -0.3 is 25.6 Å². The number of aliphatic hydroxyl groups is 1. The molecule has 0 aliphatic rings. The lowest BCUT2D eigenvalue weighted by Gasteiger charge is -2.13. The van der Waals surface area contributed by atoms with Gasteiger partial charge in [0, 0.05) is 17.8 Å². The Balaban J connectivity index is 1.65. The number of halogens is 4. The number of hydrogen-bond donors (Lipinski definition) is 3. The second-order valence-electron chi connectivity index (χ2n) is 7.28. The Bertz CT molecular complexity index is 1220. The summed E-state index contributed by atoms with van der Waals surface area (Å²) >= 11 is 1.06. The summed E-state index contributed by atoms with van der Waals surface area (Å²) in [6, 6.07) is 3.91. The van der Waals surface area contributed by atoms with Crippen molar-refractivity contribution in [1.82, 2.24) is 19.7 Å². The molecule has 0 spiro atoms. The lowest BCUT2D eigenvalue weighted by atomic mass is 10.1. The first-order chi connectivity index (χ1) is 17.0. The number of ether oxygens (including phenoxy) is 2. The summed E-state index contributed by atoms with van der Waals surface area (Å²) in [5.74, 6) is -2.93. The number of primary amides is 1. The third kappa shape index (κ3) is 7.08. The number of amides is 2. The van der Waals surface area contributed by atoms with Crippen LogP contribution in [-0.4, -0.2) is 56.7 Å². The Kier molecular flexibility index (Phi) is 8.37. The molecular weight excluding hydrogens is 510 g/mol. The van der Waals surface area contributed by atoms with Gasteiger partial charge in [0.1, 0.15) is 17.9 Å². The molecule has 192 valence electrons. The van der Waals surface area contributed by atoms with Gasteiger partial charge in [0.2, 0.25) is 11.8 Å². The van der Waals surface area contributed by atoms with Crippen LogP contribution in [0, 0.1) is 5.82 Å². The number of pyridine rings is 2. The maximum atomic E-state index is 14.5. The number of alkyl halides is 3. The molecule has 0 fully saturated rings. The summed E-state index contributed by atoms with van der Waals surface area (Å²) in [4.78, 5) is 31.5. The van der Waals surface area contributed by atoms with E-state index < -0.39 is 54.9 Å². The molecule has 0 unspecified atom stereocenters. The number of aromatic nitrogens is 3. The third-order valence-corrected chi connectivity index (χ3v) is 5.47. The topological polar surface area (TPSA) is 150 Å². The minimum atomic E-state index is -4.48. The predicted octanol–water partition coefficient (Wildman–Crippen LogP) is 2.40. The number of nitrogens with zero attached hydrogens (tertiary/aromatic N) is 3. The van der Waals surface area contributed by atoms with Crippen molar-refractivity contribution in [3.63, 3.8) is 0 Å². The summed E-state index contributed by atoms with van der Waals surface area (Å²) in [5.41, 5.74) is 5.05. The standard InChI is InChI=1S/C21H19F4N5O5S/c1-10(35-12-2-3-17(27-7-12)34-9-21(23,24)25)16-5-14(30-36-16)11-4-13(22)18(28-6-11)20(33)29-15(8-31)19(26)32/h2-7,10,15,31H,8-9H2,1H3,(H2,26,32)(H,29,33)/t10-,15+/m1/s1. The van der Waals surface area contributed by atoms with Crippen LogP contribution in [0.5, 0.6) is 11.6 Å². The Morgan fingerprint density at radius 1 is 1.22 bits per heavy atom. The highest BCUT2D eigenvalue weighted by Crippen LogP contribution is 2.30. The van der Waals surface area contributed by atoms with Gasteiger partial charge in [-0.2, -0.15) is 17.5 Å². The molecule has 3 heterocycles. The number of carbonyl (C=O) groups excluding carboxylic acids is 2. The van der Waals surface area contributed by atoms with E-state index in [-0.39, 0.29) is 17.2 Å². The fraction of sp³-hybridized carbons (Fsp3) is 0.286. The van der Waals surface area contributed by atoms with Crippen molar-refractivity contribution in [2.45, 2.75) is 25.2 Å². The van der Waals surface area contributed by atoms with Gasteiger partial charge in [-0.3, -0.25) is 9.59 Å². The highest BCUT2D eigenvalue weighted by molar-refractivity contribution is 7.06. The van der Waals surface area contributed by atoms with E-state index in [2.05, 4.69) is 24.4 Å². The maximum absolute atomic E-state index is 14.5. The van der Waals surface area contributed by atoms with E-state index >= 15 is 0 Å². The molecular formula is C21H19F4N5O5S. The molecule has 0 bridgehead atoms. The molecule has 3 aromatic heterocycles. The number of nitrogens with one attached hydrogen (secondary N) is 1. The highest BCUT2D eigenvalue weighted by Gasteiger charge is 2.28. The largest absolute Gasteiger partial charge is 0.484 e. The molecule has 36 heavy (non-hydrogen) atoms. The van der Waals surface area contributed by atoms with Crippen molar-refractivity contribution in [2.24, 2.45) is 5.73 Å². The van der Waals surface area contributed by atoms with Gasteiger partial charge in [0.15, 0.2) is 18.1 Å². The van der Waals surface area contributed by atoms with Crippen LogP contribution in [0.25, 0.3) is 11.3 Å². The van der Waals surface area contributed by atoms with Gasteiger partial charge in [0.25, 0.3) is 5.91 Å². The Labute approximate surface area is 205 Å². The second-order valence-corrected chi connectivity index (χ2v) is 8.11. The summed E-state index contributed by atoms with van der Waals surface area (Å²) in [6.07, 6.45) is -2.59. The predicted molar refractivity (Wildman–Crippen MR) is 118 cm³/mol. The van der Waals surface area contributed by atoms with Gasteiger partial charge in [0.05, 0.1) is 23.4 Å². The number of carbonyl (C=O) groups is 2. The minimum absolute atomic E-state index is 0.208. The molecule has 0 aromatic carbocycles. The first kappa shape index (κ1) is 26.7. The first-order valence-corrected chi connectivity index (χ1v) is 10.9. The maximum Gasteiger partial charge on any atom is 0.422 e. The molecule has 15 heteroatoms. The van der Waals surface area contributed by atoms with E-state index in [1.54, 1.807) is 13.0 Å². The fourth-order valence-corrected chi connectivity index (χ4v) is 3.46. The molecule has 4 N–H and O–H groups in total. The van der Waals surface area contributed by atoms with Crippen LogP contribution in [0.2, 0.25) is 0 Å². The van der Waals surface area contributed by atoms with Crippen molar-refractivity contribution < 1.29 is 41.7 Å². The lowest BCUT2D eigenvalue weighted by molar-refractivity contribution is -0.154. The lowest BCUT2D eigenvalue weighted by Crippen LogP contribution is -2.47. The zero-order chi connectivity index (χ0) is 26.5. The molecule has 0 aliphatic carbocycles. The average Bonchev–Trinajstić information content (AvgIpc) is 3.32. The number of hydrogen-bond acceptors (Lipinski definition) is 9. The summed E-state index contributed by atoms with van der Waals surface area (Å²) in [6.45, 7) is -0.513. The molecule has 2 atom stereocenters. The normalized spacial score (nSPS) is 13.1. The molecule has 0 radical (unpaired) electrons. The molecule has 0 aliphatic heterocycles. The van der Waals surface area contributed by atoms with Gasteiger partial charge in [-0.15, -0.1) is 0 Å². The Morgan fingerprint density at radius 3 is 2.56 bits per heavy atom. The molecule has 2 amide bonds. The van der Waals surface area contributed by atoms with E-state index in [4.69, 9.17) is 15.6 Å². The van der Waals surface area contributed by atoms with Crippen molar-refractivity contribution >= 4 is 23.3 Å². The molecule has 0 saturated carbocycles. The number of rotatable bonds is 10. The molecule has 3 rings (SSSR count). The van der Waals surface area contributed by atoms with Crippen LogP contribution in [0.3, 0.4) is 0 Å². The SMILES string of the molecule is C[C@@H](Oc1ccc(OCC(F)(F)F)nc1)c1cc(-c2cnc(C(=O)N[C@@H](CO)C(N)=O)c(F)c2)ns1. The Morgan fingerprint density at radius 2 is 1.97 bits per heavy atom. The van der Waals surface area contributed by atoms with Crippen LogP contribution in [-0.2, 0) is 4.79 Å². The number of aliphatic hydroxyl groups excluding tert-OH is 1. The van der Waals surface area contributed by atoms with Gasteiger partial charge in [-0.25, -0.2) is 14.4 Å². The monoisotopic (exact) mass is 529 g/mol. The van der Waals surface area contributed by atoms with Crippen molar-refractivity contribution in [3.8, 4) is 22.9 Å². The van der Waals surface area contributed by atoms with Crippen LogP contribution >= 0.6 is 11.5 Å². The Hall–Kier alpha value is -3.85. The van der Waals surface area contributed by atoms with Gasteiger partial charge in [-0.1, -0.05) is 0 Å². The molecule has 10 nitrogen and oxygen atoms in total. The van der Waals surface area contributed by atoms with Crippen molar-refractivity contribution in [3.05, 3.63) is 53.0 Å². The van der Waals surface area contributed by atoms with Crippen LogP contribution in [0.4, 0.5) is 17.6 Å². The molecule has 3 aromatic rings. The quantitative estimate of drug-likeness (QED) is 0.339. The summed E-state index contributed by atoms with van der Waals surface area (Å²) < 4.78 is 65.7. The van der Waals surface area contributed by atoms with Crippen LogP contribution < -0.4 is 20.5 Å². The summed E-state index contributed by atoms with van der Waals surface area (Å²) in [7, 11) is 0. The van der Waals surface area contributed by atoms with Crippen molar-refractivity contribution in [1.29, 1.82) is 0 Å². The summed E-state index contributed by atoms with van der Waals surface area (Å²) in [5, 5.41) is 11.1. The number of nitrogens with two attached hydrogens (primary N) is 1. The van der Waals surface area contributed by atoms with E-state index in [0.717, 1.165) is 17.6 Å². The first-order valence-electron chi connectivity index (χ1n) is 10.1. The smallest absolute Gasteiger partial charge is 0.422 e. The van der Waals surface area contributed by atoms with Gasteiger partial charge in [-0.05, 0) is 36.7 Å². The fourth-order valence-electron chi connectivity index (χ4n) is 2.74. The zero-order valence-corrected chi connectivity index (χ0v) is 19.3. The van der Waals surface area contributed by atoms with Crippen LogP contribution in [0.15, 0.2) is 36.7 Å². The van der Waals surface area contributed by atoms with Gasteiger partial charge >= 0.3 is 6.18 Å². The third-order valence-electron chi connectivity index (χ3n) is 4.52. The van der Waals surface area contributed by atoms with E-state index in [1.165, 1.54) is 24.5 Å². The average molecular weight is 529 g/mol. The highest BCUT2D eigenvalue weighted by atomic mass is 32.1.